The smallest absolute Gasteiger partial charge is 0.193 e. The molecule has 33 heavy (non-hydrogen) atoms. The van der Waals surface area contributed by atoms with E-state index in [9.17, 15) is 0 Å². The van der Waals surface area contributed by atoms with E-state index < -0.39 is 0 Å². The Labute approximate surface area is 215 Å². The van der Waals surface area contributed by atoms with Crippen LogP contribution in [0.5, 0.6) is 0 Å². The highest BCUT2D eigenvalue weighted by Crippen LogP contribution is 2.18. The van der Waals surface area contributed by atoms with Crippen LogP contribution in [-0.2, 0) is 22.3 Å². The highest BCUT2D eigenvalue weighted by molar-refractivity contribution is 14.0. The third-order valence-electron chi connectivity index (χ3n) is 6.27. The average Bonchev–Trinajstić information content (AvgIpc) is 3.37. The summed E-state index contributed by atoms with van der Waals surface area (Å²) in [5, 5.41) is 3.60. The molecule has 2 fully saturated rings. The van der Waals surface area contributed by atoms with E-state index in [0.717, 1.165) is 83.2 Å². The summed E-state index contributed by atoms with van der Waals surface area (Å²) < 4.78 is 17.5. The molecule has 1 atom stereocenters. The third kappa shape index (κ3) is 8.94. The summed E-state index contributed by atoms with van der Waals surface area (Å²) in [4.78, 5) is 7.29. The average molecular weight is 568 g/mol. The number of likely N-dealkylation sites (tertiary alicyclic amines) is 1. The summed E-state index contributed by atoms with van der Waals surface area (Å²) in [6.07, 6.45) is 9.79. The van der Waals surface area contributed by atoms with Crippen LogP contribution in [0.25, 0.3) is 0 Å². The zero-order chi connectivity index (χ0) is 21.8. The highest BCUT2D eigenvalue weighted by Gasteiger charge is 2.24. The second-order valence-electron chi connectivity index (χ2n) is 8.71. The Hall–Kier alpha value is -1.58. The molecule has 7 heteroatoms. The van der Waals surface area contributed by atoms with E-state index >= 15 is 0 Å². The van der Waals surface area contributed by atoms with Crippen LogP contribution in [0.4, 0.5) is 0 Å². The number of benzene rings is 1. The number of hydrogen-bond acceptors (Lipinski definition) is 4. The van der Waals surface area contributed by atoms with Crippen molar-refractivity contribution in [2.24, 2.45) is 4.99 Å². The van der Waals surface area contributed by atoms with Gasteiger partial charge in [-0.3, -0.25) is 4.99 Å². The van der Waals surface area contributed by atoms with Gasteiger partial charge in [0, 0.05) is 39.2 Å². The molecule has 0 aliphatic carbocycles. The highest BCUT2D eigenvalue weighted by atomic mass is 127. The first-order valence-electron chi connectivity index (χ1n) is 12.2. The Bertz CT molecular complexity index is 786. The Kier molecular flexibility index (Phi) is 11.5. The Balaban J connectivity index is 0.00000306. The fourth-order valence-electron chi connectivity index (χ4n) is 4.37. The van der Waals surface area contributed by atoms with Crippen molar-refractivity contribution in [3.8, 4) is 0 Å². The van der Waals surface area contributed by atoms with Crippen LogP contribution in [-0.4, -0.2) is 62.5 Å². The van der Waals surface area contributed by atoms with Crippen molar-refractivity contribution >= 4 is 29.9 Å². The standard InChI is InChI=1S/C26H37N3O3.HI/c1-2-7-22(8-3-1)11-15-27-26(28-16-12-23-10-6-20-30-23)29-17-13-24(14-18-29)32-21-25-9-4-5-19-31-25;/h1-3,6-8,10,20,24-25H,4-5,9,11-19,21H2,(H,27,28);1H. The first kappa shape index (κ1) is 26.0. The molecule has 0 radical (unpaired) electrons. The minimum atomic E-state index is 0. The predicted molar refractivity (Wildman–Crippen MR) is 142 cm³/mol. The van der Waals surface area contributed by atoms with Gasteiger partial charge in [-0.1, -0.05) is 30.3 Å². The van der Waals surface area contributed by atoms with E-state index in [1.165, 1.54) is 18.4 Å². The summed E-state index contributed by atoms with van der Waals surface area (Å²) in [5.74, 6) is 1.98. The lowest BCUT2D eigenvalue weighted by molar-refractivity contribution is -0.0721. The van der Waals surface area contributed by atoms with Gasteiger partial charge in [0.05, 0.1) is 25.1 Å². The summed E-state index contributed by atoms with van der Waals surface area (Å²) in [7, 11) is 0. The first-order chi connectivity index (χ1) is 15.9. The molecule has 6 nitrogen and oxygen atoms in total. The molecule has 0 bridgehead atoms. The van der Waals surface area contributed by atoms with Gasteiger partial charge in [0.1, 0.15) is 5.76 Å². The number of rotatable bonds is 9. The topological polar surface area (TPSA) is 59.2 Å². The van der Waals surface area contributed by atoms with E-state index in [-0.39, 0.29) is 24.0 Å². The molecule has 0 spiro atoms. The van der Waals surface area contributed by atoms with Crippen LogP contribution >= 0.6 is 24.0 Å². The largest absolute Gasteiger partial charge is 0.469 e. The Morgan fingerprint density at radius 3 is 2.61 bits per heavy atom. The number of ether oxygens (including phenoxy) is 2. The molecule has 1 unspecified atom stereocenters. The van der Waals surface area contributed by atoms with Crippen molar-refractivity contribution in [1.29, 1.82) is 0 Å². The monoisotopic (exact) mass is 567 g/mol. The lowest BCUT2D eigenvalue weighted by Crippen LogP contribution is -2.48. The molecular weight excluding hydrogens is 529 g/mol. The fraction of sp³-hybridized carbons (Fsp3) is 0.577. The summed E-state index contributed by atoms with van der Waals surface area (Å²) >= 11 is 0. The molecule has 4 rings (SSSR count). The van der Waals surface area contributed by atoms with Gasteiger partial charge in [-0.05, 0) is 56.2 Å². The van der Waals surface area contributed by atoms with Crippen LogP contribution in [0.1, 0.15) is 43.4 Å². The summed E-state index contributed by atoms with van der Waals surface area (Å²) in [5.41, 5.74) is 1.34. The van der Waals surface area contributed by atoms with Gasteiger partial charge in [-0.15, -0.1) is 24.0 Å². The minimum absolute atomic E-state index is 0. The fourth-order valence-corrected chi connectivity index (χ4v) is 4.37. The van der Waals surface area contributed by atoms with Gasteiger partial charge in [0.2, 0.25) is 0 Å². The maximum atomic E-state index is 6.20. The lowest BCUT2D eigenvalue weighted by Gasteiger charge is -2.35. The number of hydrogen-bond donors (Lipinski definition) is 1. The Morgan fingerprint density at radius 1 is 1.03 bits per heavy atom. The second-order valence-corrected chi connectivity index (χ2v) is 8.71. The molecule has 0 saturated carbocycles. The van der Waals surface area contributed by atoms with E-state index in [0.29, 0.717) is 12.2 Å². The van der Waals surface area contributed by atoms with Gasteiger partial charge < -0.3 is 24.1 Å². The number of aliphatic imine (C=N–C) groups is 1. The molecule has 3 heterocycles. The number of nitrogens with one attached hydrogen (secondary N) is 1. The van der Waals surface area contributed by atoms with E-state index in [1.54, 1.807) is 6.26 Å². The van der Waals surface area contributed by atoms with Crippen LogP contribution in [0.15, 0.2) is 58.1 Å². The zero-order valence-electron chi connectivity index (χ0n) is 19.5. The molecular formula is C26H38IN3O3. The molecule has 2 saturated heterocycles. The van der Waals surface area contributed by atoms with Gasteiger partial charge >= 0.3 is 0 Å². The molecule has 1 aromatic carbocycles. The molecule has 182 valence electrons. The molecule has 2 aliphatic heterocycles. The lowest BCUT2D eigenvalue weighted by atomic mass is 10.1. The van der Waals surface area contributed by atoms with Gasteiger partial charge in [-0.2, -0.15) is 0 Å². The maximum absolute atomic E-state index is 6.20. The van der Waals surface area contributed by atoms with Crippen molar-refractivity contribution in [2.45, 2.75) is 57.2 Å². The van der Waals surface area contributed by atoms with Gasteiger partial charge in [-0.25, -0.2) is 0 Å². The van der Waals surface area contributed by atoms with Crippen LogP contribution in [0.3, 0.4) is 0 Å². The zero-order valence-corrected chi connectivity index (χ0v) is 21.8. The number of nitrogens with zero attached hydrogens (tertiary/aromatic N) is 2. The van der Waals surface area contributed by atoms with Crippen LogP contribution in [0, 0.1) is 0 Å². The van der Waals surface area contributed by atoms with Crippen LogP contribution in [0.2, 0.25) is 0 Å². The van der Waals surface area contributed by atoms with Crippen molar-refractivity contribution in [2.75, 3.05) is 39.4 Å². The van der Waals surface area contributed by atoms with Crippen molar-refractivity contribution in [3.05, 3.63) is 60.1 Å². The number of guanidine groups is 1. The maximum Gasteiger partial charge on any atom is 0.193 e. The molecule has 0 amide bonds. The van der Waals surface area contributed by atoms with E-state index in [2.05, 4.69) is 40.5 Å². The van der Waals surface area contributed by atoms with Crippen molar-refractivity contribution in [3.63, 3.8) is 0 Å². The number of piperidine rings is 1. The van der Waals surface area contributed by atoms with Crippen LogP contribution < -0.4 is 5.32 Å². The van der Waals surface area contributed by atoms with Gasteiger partial charge in [0.15, 0.2) is 5.96 Å². The normalized spacial score (nSPS) is 19.8. The second kappa shape index (κ2) is 14.6. The first-order valence-corrected chi connectivity index (χ1v) is 12.2. The SMILES string of the molecule is I.c1ccc(CCNC(=NCCc2ccco2)N2CCC(OCC3CCCCO3)CC2)cc1. The van der Waals surface area contributed by atoms with Crippen molar-refractivity contribution in [1.82, 2.24) is 10.2 Å². The van der Waals surface area contributed by atoms with E-state index in [1.807, 2.05) is 12.1 Å². The predicted octanol–water partition coefficient (Wildman–Crippen LogP) is 4.68. The summed E-state index contributed by atoms with van der Waals surface area (Å²) in [6.45, 7) is 5.15. The molecule has 1 aromatic heterocycles. The third-order valence-corrected chi connectivity index (χ3v) is 6.27. The number of furan rings is 1. The quantitative estimate of drug-likeness (QED) is 0.271. The molecule has 2 aromatic rings. The molecule has 1 N–H and O–H groups in total. The molecule has 2 aliphatic rings. The van der Waals surface area contributed by atoms with E-state index in [4.69, 9.17) is 18.9 Å². The summed E-state index contributed by atoms with van der Waals surface area (Å²) in [6, 6.07) is 14.5. The Morgan fingerprint density at radius 2 is 1.88 bits per heavy atom. The van der Waals surface area contributed by atoms with Gasteiger partial charge in [0.25, 0.3) is 0 Å². The van der Waals surface area contributed by atoms with Crippen molar-refractivity contribution < 1.29 is 13.9 Å². The minimum Gasteiger partial charge on any atom is -0.469 e. The number of halogens is 1.